The monoisotopic (exact) mass is 468 g/mol. The van der Waals surface area contributed by atoms with Gasteiger partial charge in [0.1, 0.15) is 42.7 Å². The van der Waals surface area contributed by atoms with E-state index < -0.39 is 92.2 Å². The van der Waals surface area contributed by atoms with Crippen LogP contribution in [0.1, 0.15) is 12.8 Å². The molecule has 0 amide bonds. The van der Waals surface area contributed by atoms with Gasteiger partial charge in [0.05, 0.1) is 24.9 Å². The third-order valence-corrected chi connectivity index (χ3v) is 6.35. The normalized spacial score (nSPS) is 52.7. The second-order valence-electron chi connectivity index (χ2n) is 8.69. The Labute approximate surface area is 185 Å². The fourth-order valence-corrected chi connectivity index (χ4v) is 4.38. The number of ether oxygens (including phenoxy) is 4. The van der Waals surface area contributed by atoms with Crippen molar-refractivity contribution in [2.24, 2.45) is 22.9 Å². The molecule has 1 saturated carbocycles. The van der Waals surface area contributed by atoms with Crippen molar-refractivity contribution in [3.05, 3.63) is 0 Å². The summed E-state index contributed by atoms with van der Waals surface area (Å²) in [6, 6.07) is -2.69. The first-order chi connectivity index (χ1) is 15.1. The predicted octanol–water partition coefficient (Wildman–Crippen LogP) is -6.26. The van der Waals surface area contributed by atoms with Gasteiger partial charge in [0.15, 0.2) is 12.6 Å². The summed E-state index contributed by atoms with van der Waals surface area (Å²) >= 11 is 0. The molecule has 2 saturated heterocycles. The zero-order valence-electron chi connectivity index (χ0n) is 17.5. The van der Waals surface area contributed by atoms with E-state index in [-0.39, 0.29) is 19.4 Å². The van der Waals surface area contributed by atoms with Gasteiger partial charge in [0.25, 0.3) is 0 Å². The van der Waals surface area contributed by atoms with Gasteiger partial charge in [0, 0.05) is 25.0 Å². The number of hydrogen-bond donors (Lipinski definition) is 10. The quantitative estimate of drug-likeness (QED) is 0.174. The summed E-state index contributed by atoms with van der Waals surface area (Å²) in [6.45, 7) is -0.568. The summed E-state index contributed by atoms with van der Waals surface area (Å²) in [7, 11) is 0. The largest absolute Gasteiger partial charge is 0.394 e. The van der Waals surface area contributed by atoms with E-state index in [4.69, 9.17) is 41.9 Å². The van der Waals surface area contributed by atoms with Crippen LogP contribution < -0.4 is 22.9 Å². The molecule has 32 heavy (non-hydrogen) atoms. The van der Waals surface area contributed by atoms with Gasteiger partial charge in [-0.2, -0.15) is 0 Å². The van der Waals surface area contributed by atoms with E-state index in [1.807, 2.05) is 0 Å². The van der Waals surface area contributed by atoms with Crippen LogP contribution in [0.5, 0.6) is 0 Å². The highest BCUT2D eigenvalue weighted by atomic mass is 16.7. The Morgan fingerprint density at radius 1 is 0.719 bits per heavy atom. The van der Waals surface area contributed by atoms with Crippen LogP contribution in [-0.4, -0.2) is 129 Å². The fraction of sp³-hybridized carbons (Fsp3) is 1.00. The van der Waals surface area contributed by atoms with Gasteiger partial charge in [-0.25, -0.2) is 0 Å². The molecule has 0 bridgehead atoms. The van der Waals surface area contributed by atoms with E-state index in [0.29, 0.717) is 0 Å². The van der Waals surface area contributed by atoms with Crippen molar-refractivity contribution in [1.29, 1.82) is 0 Å². The van der Waals surface area contributed by atoms with Gasteiger partial charge < -0.3 is 72.5 Å². The molecule has 0 spiro atoms. The van der Waals surface area contributed by atoms with Crippen LogP contribution in [0.15, 0.2) is 0 Å². The Hall–Kier alpha value is -0.560. The lowest BCUT2D eigenvalue weighted by atomic mass is 9.84. The first-order valence-electron chi connectivity index (χ1n) is 10.7. The van der Waals surface area contributed by atoms with E-state index in [0.717, 1.165) is 0 Å². The zero-order chi connectivity index (χ0) is 23.7. The molecule has 14 heteroatoms. The van der Waals surface area contributed by atoms with E-state index in [1.54, 1.807) is 0 Å². The Morgan fingerprint density at radius 2 is 1.28 bits per heavy atom. The minimum absolute atomic E-state index is 0.00132. The van der Waals surface area contributed by atoms with Crippen molar-refractivity contribution < 1.29 is 49.6 Å². The van der Waals surface area contributed by atoms with Crippen LogP contribution in [0.25, 0.3) is 0 Å². The molecule has 14 nitrogen and oxygen atoms in total. The van der Waals surface area contributed by atoms with Gasteiger partial charge in [-0.3, -0.25) is 0 Å². The average molecular weight is 469 g/mol. The molecular formula is C18H36N4O10. The highest BCUT2D eigenvalue weighted by Crippen LogP contribution is 2.31. The maximum absolute atomic E-state index is 10.9. The van der Waals surface area contributed by atoms with Crippen molar-refractivity contribution in [2.75, 3.05) is 13.2 Å². The number of aliphatic hydroxyl groups is 6. The van der Waals surface area contributed by atoms with Crippen molar-refractivity contribution in [1.82, 2.24) is 0 Å². The smallest absolute Gasteiger partial charge is 0.186 e. The van der Waals surface area contributed by atoms with Gasteiger partial charge >= 0.3 is 0 Å². The van der Waals surface area contributed by atoms with Crippen molar-refractivity contribution >= 4 is 0 Å². The molecule has 9 unspecified atom stereocenters. The third kappa shape index (κ3) is 5.24. The second-order valence-corrected chi connectivity index (χ2v) is 8.69. The molecule has 2 aliphatic heterocycles. The topological polar surface area (TPSA) is 262 Å². The molecule has 1 aliphatic carbocycles. The standard InChI is InChI=1S/C18H36N4O10/c19-3-9-7(24)2-8(25)17(29-9)31-15-5(20)1-6(21)16(14(15)28)32-18-13(27)11(22)12(26)10(4-23)30-18/h5-18,23-28H,1-4,19-22H2/t5?,6-,7?,8?,9?,10?,11?,12-,13-,14+,15?,16?,17+,18?/m1/s1. The minimum Gasteiger partial charge on any atom is -0.394 e. The summed E-state index contributed by atoms with van der Waals surface area (Å²) in [4.78, 5) is 0. The van der Waals surface area contributed by atoms with Crippen LogP contribution in [-0.2, 0) is 18.9 Å². The van der Waals surface area contributed by atoms with Gasteiger partial charge in [-0.1, -0.05) is 0 Å². The van der Waals surface area contributed by atoms with E-state index >= 15 is 0 Å². The third-order valence-electron chi connectivity index (χ3n) is 6.35. The minimum atomic E-state index is -1.46. The van der Waals surface area contributed by atoms with E-state index in [9.17, 15) is 30.6 Å². The average Bonchev–Trinajstić information content (AvgIpc) is 2.75. The highest BCUT2D eigenvalue weighted by Gasteiger charge is 2.50. The van der Waals surface area contributed by atoms with Crippen LogP contribution in [0, 0.1) is 0 Å². The van der Waals surface area contributed by atoms with Gasteiger partial charge in [0.2, 0.25) is 0 Å². The van der Waals surface area contributed by atoms with Crippen LogP contribution in [0.4, 0.5) is 0 Å². The number of rotatable bonds is 6. The maximum Gasteiger partial charge on any atom is 0.186 e. The Kier molecular flexibility index (Phi) is 8.79. The molecule has 3 fully saturated rings. The van der Waals surface area contributed by atoms with Crippen molar-refractivity contribution in [3.63, 3.8) is 0 Å². The lowest BCUT2D eigenvalue weighted by Gasteiger charge is -2.47. The molecule has 14 N–H and O–H groups in total. The zero-order valence-corrected chi connectivity index (χ0v) is 17.5. The summed E-state index contributed by atoms with van der Waals surface area (Å²) in [5.41, 5.74) is 23.6. The summed E-state index contributed by atoms with van der Waals surface area (Å²) in [5, 5.41) is 60.8. The molecule has 0 aromatic rings. The van der Waals surface area contributed by atoms with E-state index in [1.165, 1.54) is 0 Å². The summed E-state index contributed by atoms with van der Waals surface area (Å²) in [5.74, 6) is 0. The Balaban J connectivity index is 1.70. The second kappa shape index (κ2) is 10.8. The number of nitrogens with two attached hydrogens (primary N) is 4. The van der Waals surface area contributed by atoms with Crippen LogP contribution >= 0.6 is 0 Å². The lowest BCUT2D eigenvalue weighted by Crippen LogP contribution is -2.68. The predicted molar refractivity (Wildman–Crippen MR) is 106 cm³/mol. The highest BCUT2D eigenvalue weighted by molar-refractivity contribution is 5.01. The molecule has 3 aliphatic rings. The molecule has 14 atom stereocenters. The molecule has 0 aromatic heterocycles. The summed E-state index contributed by atoms with van der Waals surface area (Å²) < 4.78 is 22.4. The maximum atomic E-state index is 10.9. The van der Waals surface area contributed by atoms with Crippen molar-refractivity contribution in [2.45, 2.75) is 98.5 Å². The van der Waals surface area contributed by atoms with Gasteiger partial charge in [-0.05, 0) is 6.42 Å². The van der Waals surface area contributed by atoms with Crippen LogP contribution in [0.3, 0.4) is 0 Å². The number of hydrogen-bond acceptors (Lipinski definition) is 14. The summed E-state index contributed by atoms with van der Waals surface area (Å²) in [6.07, 6.45) is -12.9. The first kappa shape index (κ1) is 26.1. The molecule has 188 valence electrons. The molecule has 2 heterocycles. The molecular weight excluding hydrogens is 432 g/mol. The Bertz CT molecular complexity index is 606. The number of aliphatic hydroxyl groups excluding tert-OH is 6. The van der Waals surface area contributed by atoms with Gasteiger partial charge in [-0.15, -0.1) is 0 Å². The first-order valence-corrected chi connectivity index (χ1v) is 10.7. The Morgan fingerprint density at radius 3 is 1.84 bits per heavy atom. The van der Waals surface area contributed by atoms with Crippen LogP contribution in [0.2, 0.25) is 0 Å². The van der Waals surface area contributed by atoms with Crippen molar-refractivity contribution in [3.8, 4) is 0 Å². The molecule has 0 radical (unpaired) electrons. The lowest BCUT2D eigenvalue weighted by molar-refractivity contribution is -0.321. The fourth-order valence-electron chi connectivity index (χ4n) is 4.38. The SMILES string of the molecule is NCC1O[C@@H](OC2C(N)C[C@@H](N)C(OC3OC(CO)[C@@H](O)C(N)[C@H]3O)[C@H]2O)C(O)CC1O. The molecule has 3 rings (SSSR count). The van der Waals surface area contributed by atoms with E-state index in [2.05, 4.69) is 0 Å². The molecule has 0 aromatic carbocycles.